The van der Waals surface area contributed by atoms with Crippen molar-refractivity contribution in [2.24, 2.45) is 20.2 Å². The first-order chi connectivity index (χ1) is 19.3. The van der Waals surface area contributed by atoms with E-state index in [1.165, 1.54) is 21.6 Å². The molecular formula is C29H31ClN6O2S2. The number of benzene rings is 3. The van der Waals surface area contributed by atoms with E-state index in [-0.39, 0.29) is 17.0 Å². The lowest BCUT2D eigenvalue weighted by atomic mass is 9.90. The van der Waals surface area contributed by atoms with Gasteiger partial charge in [-0.1, -0.05) is 96.2 Å². The Labute approximate surface area is 244 Å². The first-order valence-electron chi connectivity index (χ1n) is 13.0. The SMILES string of the molecule is CS/C(N)=N\C(=N/S(=O)(=O)N1CCC(c2ccccc2)CC1)N1CC(c2ccccc2)C(c2ccc(Cl)cc2)=N1. The fourth-order valence-electron chi connectivity index (χ4n) is 5.03. The molecule has 5 rings (SSSR count). The first-order valence-corrected chi connectivity index (χ1v) is 16.0. The van der Waals surface area contributed by atoms with Gasteiger partial charge in [-0.25, -0.2) is 5.01 Å². The third-order valence-electron chi connectivity index (χ3n) is 7.15. The molecule has 208 valence electrons. The molecule has 2 aliphatic rings. The largest absolute Gasteiger partial charge is 0.378 e. The van der Waals surface area contributed by atoms with Crippen LogP contribution in [0.1, 0.15) is 41.4 Å². The van der Waals surface area contributed by atoms with Crippen LogP contribution in [0.2, 0.25) is 5.02 Å². The Hall–Kier alpha value is -3.18. The van der Waals surface area contributed by atoms with E-state index in [9.17, 15) is 8.42 Å². The van der Waals surface area contributed by atoms with Gasteiger partial charge in [-0.3, -0.25) is 0 Å². The van der Waals surface area contributed by atoms with Crippen molar-refractivity contribution in [3.63, 3.8) is 0 Å². The van der Waals surface area contributed by atoms with Crippen molar-refractivity contribution < 1.29 is 8.42 Å². The maximum absolute atomic E-state index is 13.5. The van der Waals surface area contributed by atoms with Crippen LogP contribution in [-0.4, -0.2) is 60.5 Å². The summed E-state index contributed by atoms with van der Waals surface area (Å²) in [7, 11) is -4.03. The topological polar surface area (TPSA) is 104 Å². The second-order valence-electron chi connectivity index (χ2n) is 9.64. The number of guanidine groups is 1. The van der Waals surface area contributed by atoms with Crippen molar-refractivity contribution in [3.8, 4) is 0 Å². The predicted molar refractivity (Wildman–Crippen MR) is 165 cm³/mol. The van der Waals surface area contributed by atoms with Crippen LogP contribution in [0.5, 0.6) is 0 Å². The van der Waals surface area contributed by atoms with Crippen LogP contribution in [0.25, 0.3) is 0 Å². The number of piperidine rings is 1. The molecule has 2 heterocycles. The summed E-state index contributed by atoms with van der Waals surface area (Å²) in [6.07, 6.45) is 3.23. The molecule has 0 amide bonds. The molecule has 3 aromatic rings. The van der Waals surface area contributed by atoms with Crippen LogP contribution >= 0.6 is 23.4 Å². The van der Waals surface area contributed by atoms with Gasteiger partial charge in [0.05, 0.1) is 12.3 Å². The van der Waals surface area contributed by atoms with Gasteiger partial charge >= 0.3 is 10.2 Å². The van der Waals surface area contributed by atoms with Crippen molar-refractivity contribution >= 4 is 50.4 Å². The Kier molecular flexibility index (Phi) is 8.90. The molecular weight excluding hydrogens is 564 g/mol. The minimum Gasteiger partial charge on any atom is -0.378 e. The molecule has 2 aliphatic heterocycles. The normalized spacial score (nSPS) is 19.6. The molecule has 0 aliphatic carbocycles. The summed E-state index contributed by atoms with van der Waals surface area (Å²) in [6, 6.07) is 27.6. The minimum absolute atomic E-state index is 0.0538. The predicted octanol–water partition coefficient (Wildman–Crippen LogP) is 5.30. The highest BCUT2D eigenvalue weighted by Crippen LogP contribution is 2.32. The summed E-state index contributed by atoms with van der Waals surface area (Å²) in [4.78, 5) is 4.39. The average Bonchev–Trinajstić information content (AvgIpc) is 3.44. The Morgan fingerprint density at radius 3 is 2.15 bits per heavy atom. The molecule has 11 heteroatoms. The minimum atomic E-state index is -4.03. The van der Waals surface area contributed by atoms with E-state index in [1.807, 2.05) is 72.8 Å². The summed E-state index contributed by atoms with van der Waals surface area (Å²) in [5.74, 6) is 0.127. The van der Waals surface area contributed by atoms with E-state index in [4.69, 9.17) is 22.4 Å². The van der Waals surface area contributed by atoms with Gasteiger partial charge < -0.3 is 5.73 Å². The van der Waals surface area contributed by atoms with E-state index in [2.05, 4.69) is 21.5 Å². The van der Waals surface area contributed by atoms with E-state index in [1.54, 1.807) is 11.3 Å². The van der Waals surface area contributed by atoms with Crippen molar-refractivity contribution in [1.82, 2.24) is 9.31 Å². The number of rotatable bonds is 5. The molecule has 1 atom stereocenters. The third kappa shape index (κ3) is 6.58. The van der Waals surface area contributed by atoms with Crippen LogP contribution in [0, 0.1) is 0 Å². The Bertz CT molecular complexity index is 1510. The summed E-state index contributed by atoms with van der Waals surface area (Å²) in [6.45, 7) is 1.12. The lowest BCUT2D eigenvalue weighted by Gasteiger charge is -2.30. The summed E-state index contributed by atoms with van der Waals surface area (Å²) >= 11 is 7.36. The summed E-state index contributed by atoms with van der Waals surface area (Å²) < 4.78 is 32.7. The fourth-order valence-corrected chi connectivity index (χ4v) is 6.46. The van der Waals surface area contributed by atoms with Gasteiger partial charge in [0.25, 0.3) is 5.96 Å². The van der Waals surface area contributed by atoms with Gasteiger partial charge in [0, 0.05) is 24.0 Å². The van der Waals surface area contributed by atoms with E-state index < -0.39 is 10.2 Å². The number of amidine groups is 1. The number of hydrazone groups is 1. The van der Waals surface area contributed by atoms with Crippen LogP contribution in [0.15, 0.2) is 99.4 Å². The second-order valence-corrected chi connectivity index (χ2v) is 12.5. The molecule has 1 fully saturated rings. The Morgan fingerprint density at radius 1 is 0.950 bits per heavy atom. The smallest absolute Gasteiger partial charge is 0.325 e. The van der Waals surface area contributed by atoms with Crippen molar-refractivity contribution in [3.05, 3.63) is 107 Å². The highest BCUT2D eigenvalue weighted by molar-refractivity contribution is 8.13. The van der Waals surface area contributed by atoms with Crippen LogP contribution in [0.3, 0.4) is 0 Å². The van der Waals surface area contributed by atoms with Gasteiger partial charge in [-0.15, -0.1) is 4.40 Å². The third-order valence-corrected chi connectivity index (χ3v) is 9.33. The van der Waals surface area contributed by atoms with Gasteiger partial charge in [0.15, 0.2) is 5.17 Å². The molecule has 0 radical (unpaired) electrons. The highest BCUT2D eigenvalue weighted by Gasteiger charge is 2.34. The van der Waals surface area contributed by atoms with E-state index >= 15 is 0 Å². The lowest BCUT2D eigenvalue weighted by molar-refractivity contribution is 0.319. The number of nitrogens with zero attached hydrogens (tertiary/aromatic N) is 5. The van der Waals surface area contributed by atoms with Gasteiger partial charge in [-0.05, 0) is 53.8 Å². The van der Waals surface area contributed by atoms with Crippen LogP contribution < -0.4 is 5.73 Å². The van der Waals surface area contributed by atoms with Crippen molar-refractivity contribution in [1.29, 1.82) is 0 Å². The Balaban J connectivity index is 1.46. The van der Waals surface area contributed by atoms with Gasteiger partial charge in [0.2, 0.25) is 0 Å². The van der Waals surface area contributed by atoms with Crippen LogP contribution in [-0.2, 0) is 10.2 Å². The number of hydrogen-bond donors (Lipinski definition) is 1. The monoisotopic (exact) mass is 594 g/mol. The summed E-state index contributed by atoms with van der Waals surface area (Å²) in [5, 5.41) is 7.20. The summed E-state index contributed by atoms with van der Waals surface area (Å²) in [5.41, 5.74) is 10.00. The highest BCUT2D eigenvalue weighted by atomic mass is 35.5. The molecule has 0 bridgehead atoms. The molecule has 40 heavy (non-hydrogen) atoms. The zero-order chi connectivity index (χ0) is 28.1. The molecule has 0 aromatic heterocycles. The number of nitrogens with two attached hydrogens (primary N) is 1. The molecule has 2 N–H and O–H groups in total. The van der Waals surface area contributed by atoms with E-state index in [0.717, 1.165) is 29.7 Å². The first kappa shape index (κ1) is 28.4. The number of halogens is 1. The van der Waals surface area contributed by atoms with Crippen LogP contribution in [0.4, 0.5) is 0 Å². The Morgan fingerprint density at radius 2 is 1.55 bits per heavy atom. The van der Waals surface area contributed by atoms with E-state index in [0.29, 0.717) is 30.6 Å². The zero-order valence-electron chi connectivity index (χ0n) is 22.1. The van der Waals surface area contributed by atoms with Gasteiger partial charge in [-0.2, -0.15) is 22.8 Å². The second kappa shape index (κ2) is 12.6. The average molecular weight is 595 g/mol. The lowest BCUT2D eigenvalue weighted by Crippen LogP contribution is -2.38. The molecule has 8 nitrogen and oxygen atoms in total. The maximum Gasteiger partial charge on any atom is 0.325 e. The molecule has 0 spiro atoms. The number of thioether (sulfide) groups is 1. The molecule has 0 saturated carbocycles. The fraction of sp³-hybridized carbons (Fsp3) is 0.276. The van der Waals surface area contributed by atoms with Crippen molar-refractivity contribution in [2.75, 3.05) is 25.9 Å². The van der Waals surface area contributed by atoms with Gasteiger partial charge in [0.1, 0.15) is 0 Å². The number of hydrogen-bond acceptors (Lipinski definition) is 4. The molecule has 1 unspecified atom stereocenters. The number of aliphatic imine (C=N–C) groups is 1. The quantitative estimate of drug-likeness (QED) is 0.319. The molecule has 1 saturated heterocycles. The standard InChI is InChI=1S/C29H31ClN6O2S2/c1-39-28(31)32-29(34-40(37,38)35-18-16-22(17-19-35)21-8-4-2-5-9-21)36-20-26(23-10-6-3-7-11-23)27(33-36)24-12-14-25(30)15-13-24/h2-15,22,26H,16-20H2,1H3,(H2,31,32,34). The molecule has 3 aromatic carbocycles. The van der Waals surface area contributed by atoms with Crippen molar-refractivity contribution in [2.45, 2.75) is 24.7 Å². The maximum atomic E-state index is 13.5. The zero-order valence-corrected chi connectivity index (χ0v) is 24.5.